The van der Waals surface area contributed by atoms with Crippen molar-refractivity contribution >= 4 is 15.5 Å². The molecule has 0 amide bonds. The Morgan fingerprint density at radius 1 is 1.33 bits per heavy atom. The van der Waals surface area contributed by atoms with Crippen molar-refractivity contribution in [1.82, 2.24) is 0 Å². The van der Waals surface area contributed by atoms with Gasteiger partial charge in [0.05, 0.1) is 18.6 Å². The van der Waals surface area contributed by atoms with Crippen molar-refractivity contribution in [2.24, 2.45) is 0 Å². The van der Waals surface area contributed by atoms with Crippen molar-refractivity contribution in [2.45, 2.75) is 18.9 Å². The number of sulfone groups is 1. The molecule has 1 aliphatic heterocycles. The molecule has 100 valence electrons. The second-order valence-corrected chi connectivity index (χ2v) is 6.72. The van der Waals surface area contributed by atoms with Gasteiger partial charge in [0.25, 0.3) is 0 Å². The summed E-state index contributed by atoms with van der Waals surface area (Å²) in [5.41, 5.74) is 0.748. The lowest BCUT2D eigenvalue weighted by atomic mass is 10.1. The van der Waals surface area contributed by atoms with Crippen LogP contribution in [0.3, 0.4) is 0 Å². The molecule has 1 N–H and O–H groups in total. The average Bonchev–Trinajstić information content (AvgIpc) is 2.34. The Kier molecular flexibility index (Phi) is 3.75. The van der Waals surface area contributed by atoms with E-state index >= 15 is 0 Å². The van der Waals surface area contributed by atoms with E-state index < -0.39 is 15.7 Å². The molecule has 0 atom stereocenters. The largest absolute Gasteiger partial charge is 0.494 e. The van der Waals surface area contributed by atoms with Crippen molar-refractivity contribution in [1.29, 1.82) is 0 Å². The highest BCUT2D eigenvalue weighted by Crippen LogP contribution is 2.24. The van der Waals surface area contributed by atoms with Gasteiger partial charge in [-0.05, 0) is 25.0 Å². The molecule has 1 heterocycles. The first-order valence-corrected chi connectivity index (χ1v) is 7.63. The Morgan fingerprint density at radius 3 is 2.61 bits per heavy atom. The van der Waals surface area contributed by atoms with E-state index in [2.05, 4.69) is 5.32 Å². The van der Waals surface area contributed by atoms with Gasteiger partial charge >= 0.3 is 0 Å². The normalized spacial score (nSPS) is 19.4. The number of ether oxygens (including phenoxy) is 1. The smallest absolute Gasteiger partial charge is 0.165 e. The molecule has 1 aromatic carbocycles. The summed E-state index contributed by atoms with van der Waals surface area (Å²) in [5.74, 6) is 0.198. The van der Waals surface area contributed by atoms with E-state index in [1.165, 1.54) is 13.2 Å². The predicted molar refractivity (Wildman–Crippen MR) is 68.3 cm³/mol. The van der Waals surface area contributed by atoms with Crippen molar-refractivity contribution in [3.63, 3.8) is 0 Å². The number of halogens is 1. The number of anilines is 1. The lowest BCUT2D eigenvalue weighted by Crippen LogP contribution is -2.32. The van der Waals surface area contributed by atoms with Gasteiger partial charge in [-0.25, -0.2) is 12.8 Å². The SMILES string of the molecule is COc1cc(NC2CCS(=O)(=O)CC2)ccc1F. The Labute approximate surface area is 106 Å². The van der Waals surface area contributed by atoms with Crippen LogP contribution < -0.4 is 10.1 Å². The zero-order chi connectivity index (χ0) is 13.2. The van der Waals surface area contributed by atoms with E-state index in [9.17, 15) is 12.8 Å². The van der Waals surface area contributed by atoms with Crippen LogP contribution >= 0.6 is 0 Å². The van der Waals surface area contributed by atoms with Crippen molar-refractivity contribution in [2.75, 3.05) is 23.9 Å². The van der Waals surface area contributed by atoms with Crippen LogP contribution in [0.4, 0.5) is 10.1 Å². The number of nitrogens with one attached hydrogen (secondary N) is 1. The first kappa shape index (κ1) is 13.1. The van der Waals surface area contributed by atoms with Gasteiger partial charge in [0.1, 0.15) is 9.84 Å². The Morgan fingerprint density at radius 2 is 2.00 bits per heavy atom. The third-order valence-corrected chi connectivity index (χ3v) is 4.79. The number of methoxy groups -OCH3 is 1. The summed E-state index contributed by atoms with van der Waals surface area (Å²) in [5, 5.41) is 3.21. The molecule has 1 aromatic rings. The van der Waals surface area contributed by atoms with Crippen LogP contribution in [-0.2, 0) is 9.84 Å². The van der Waals surface area contributed by atoms with Gasteiger partial charge in [0.2, 0.25) is 0 Å². The quantitative estimate of drug-likeness (QED) is 0.912. The minimum absolute atomic E-state index is 0.115. The van der Waals surface area contributed by atoms with Crippen LogP contribution in [0.5, 0.6) is 5.75 Å². The topological polar surface area (TPSA) is 55.4 Å². The van der Waals surface area contributed by atoms with Crippen LogP contribution in [0, 0.1) is 5.82 Å². The molecule has 1 aliphatic rings. The van der Waals surface area contributed by atoms with Crippen LogP contribution in [0.25, 0.3) is 0 Å². The van der Waals surface area contributed by atoms with E-state index in [1.807, 2.05) is 0 Å². The van der Waals surface area contributed by atoms with E-state index in [-0.39, 0.29) is 23.3 Å². The highest BCUT2D eigenvalue weighted by Gasteiger charge is 2.23. The molecule has 0 aliphatic carbocycles. The lowest BCUT2D eigenvalue weighted by molar-refractivity contribution is 0.386. The molecule has 0 unspecified atom stereocenters. The number of hydrogen-bond acceptors (Lipinski definition) is 4. The van der Waals surface area contributed by atoms with Gasteiger partial charge in [-0.15, -0.1) is 0 Å². The molecule has 0 spiro atoms. The second-order valence-electron chi connectivity index (χ2n) is 4.42. The average molecular weight is 273 g/mol. The van der Waals surface area contributed by atoms with Gasteiger partial charge in [0, 0.05) is 17.8 Å². The van der Waals surface area contributed by atoms with Gasteiger partial charge in [-0.3, -0.25) is 0 Å². The van der Waals surface area contributed by atoms with Gasteiger partial charge < -0.3 is 10.1 Å². The molecule has 2 rings (SSSR count). The standard InChI is InChI=1S/C12H16FNO3S/c1-17-12-8-10(2-3-11(12)13)14-9-4-6-18(15,16)7-5-9/h2-3,8-9,14H,4-7H2,1H3. The molecular formula is C12H16FNO3S. The summed E-state index contributed by atoms with van der Waals surface area (Å²) in [6, 6.07) is 4.66. The van der Waals surface area contributed by atoms with Gasteiger partial charge in [-0.1, -0.05) is 0 Å². The number of rotatable bonds is 3. The molecule has 0 aromatic heterocycles. The van der Waals surface area contributed by atoms with Crippen molar-refractivity contribution in [3.8, 4) is 5.75 Å². The second kappa shape index (κ2) is 5.14. The fourth-order valence-corrected chi connectivity index (χ4v) is 3.51. The van der Waals surface area contributed by atoms with Gasteiger partial charge in [-0.2, -0.15) is 0 Å². The maximum absolute atomic E-state index is 13.2. The molecule has 0 bridgehead atoms. The summed E-state index contributed by atoms with van der Waals surface area (Å²) in [6.45, 7) is 0. The predicted octanol–water partition coefficient (Wildman–Crippen LogP) is 1.82. The Hall–Kier alpha value is -1.30. The monoisotopic (exact) mass is 273 g/mol. The van der Waals surface area contributed by atoms with Crippen LogP contribution in [-0.4, -0.2) is 33.1 Å². The molecule has 18 heavy (non-hydrogen) atoms. The fraction of sp³-hybridized carbons (Fsp3) is 0.500. The molecule has 0 radical (unpaired) electrons. The van der Waals surface area contributed by atoms with E-state index in [4.69, 9.17) is 4.74 Å². The van der Waals surface area contributed by atoms with Crippen molar-refractivity contribution in [3.05, 3.63) is 24.0 Å². The van der Waals surface area contributed by atoms with Crippen molar-refractivity contribution < 1.29 is 17.5 Å². The molecule has 6 heteroatoms. The zero-order valence-electron chi connectivity index (χ0n) is 10.1. The van der Waals surface area contributed by atoms with Gasteiger partial charge in [0.15, 0.2) is 11.6 Å². The summed E-state index contributed by atoms with van der Waals surface area (Å²) in [7, 11) is -1.44. The Balaban J connectivity index is 2.02. The van der Waals surface area contributed by atoms with E-state index in [0.717, 1.165) is 5.69 Å². The third kappa shape index (κ3) is 3.13. The van der Waals surface area contributed by atoms with Crippen LogP contribution in [0.1, 0.15) is 12.8 Å². The Bertz CT molecular complexity index is 516. The maximum Gasteiger partial charge on any atom is 0.165 e. The molecule has 0 saturated carbocycles. The fourth-order valence-electron chi connectivity index (χ4n) is 2.02. The summed E-state index contributed by atoms with van der Waals surface area (Å²) in [4.78, 5) is 0. The number of benzene rings is 1. The highest BCUT2D eigenvalue weighted by molar-refractivity contribution is 7.91. The number of hydrogen-bond donors (Lipinski definition) is 1. The summed E-state index contributed by atoms with van der Waals surface area (Å²) < 4.78 is 40.7. The first-order chi connectivity index (χ1) is 8.50. The van der Waals surface area contributed by atoms with Crippen LogP contribution in [0.2, 0.25) is 0 Å². The minimum atomic E-state index is -2.85. The summed E-state index contributed by atoms with van der Waals surface area (Å²) >= 11 is 0. The lowest BCUT2D eigenvalue weighted by Gasteiger charge is -2.24. The first-order valence-electron chi connectivity index (χ1n) is 5.81. The zero-order valence-corrected chi connectivity index (χ0v) is 11.0. The molecule has 1 fully saturated rings. The minimum Gasteiger partial charge on any atom is -0.494 e. The molecule has 1 saturated heterocycles. The highest BCUT2D eigenvalue weighted by atomic mass is 32.2. The maximum atomic E-state index is 13.2. The molecular weight excluding hydrogens is 257 g/mol. The molecule has 4 nitrogen and oxygen atoms in total. The van der Waals surface area contributed by atoms with Crippen LogP contribution in [0.15, 0.2) is 18.2 Å². The van der Waals surface area contributed by atoms with E-state index in [0.29, 0.717) is 12.8 Å². The van der Waals surface area contributed by atoms with E-state index in [1.54, 1.807) is 12.1 Å². The third-order valence-electron chi connectivity index (χ3n) is 3.08. The summed E-state index contributed by atoms with van der Waals surface area (Å²) in [6.07, 6.45) is 1.17.